The van der Waals surface area contributed by atoms with Crippen LogP contribution in [0.25, 0.3) is 0 Å². The summed E-state index contributed by atoms with van der Waals surface area (Å²) in [6, 6.07) is 7.01. The van der Waals surface area contributed by atoms with E-state index in [0.717, 1.165) is 38.0 Å². The average Bonchev–Trinajstić information content (AvgIpc) is 3.31. The molecule has 0 bridgehead atoms. The van der Waals surface area contributed by atoms with E-state index in [1.807, 2.05) is 17.0 Å². The number of nitrogens with zero attached hydrogens (tertiary/aromatic N) is 2. The van der Waals surface area contributed by atoms with E-state index in [4.69, 9.17) is 0 Å². The maximum Gasteiger partial charge on any atom is 0.240 e. The zero-order chi connectivity index (χ0) is 19.5. The summed E-state index contributed by atoms with van der Waals surface area (Å²) >= 11 is 0. The molecule has 3 rings (SSSR count). The minimum Gasteiger partial charge on any atom is -0.342 e. The van der Waals surface area contributed by atoms with E-state index < -0.39 is 10.0 Å². The largest absolute Gasteiger partial charge is 0.342 e. The summed E-state index contributed by atoms with van der Waals surface area (Å²) in [5.74, 6) is 0.221. The SMILES string of the molecule is CC(C)(CNS(=O)(=O)c1ccc(CCN2CCCC2=O)cc1)N1CCCC1. The number of likely N-dealkylation sites (tertiary alicyclic amines) is 2. The summed E-state index contributed by atoms with van der Waals surface area (Å²) in [5, 5.41) is 0. The summed E-state index contributed by atoms with van der Waals surface area (Å²) < 4.78 is 28.0. The summed E-state index contributed by atoms with van der Waals surface area (Å²) in [7, 11) is -3.52. The highest BCUT2D eigenvalue weighted by atomic mass is 32.2. The fraction of sp³-hybridized carbons (Fsp3) is 0.650. The Bertz CT molecular complexity index is 753. The lowest BCUT2D eigenvalue weighted by atomic mass is 10.0. The van der Waals surface area contributed by atoms with Crippen LogP contribution in [-0.4, -0.2) is 62.4 Å². The zero-order valence-electron chi connectivity index (χ0n) is 16.4. The maximum absolute atomic E-state index is 12.6. The van der Waals surface area contributed by atoms with Gasteiger partial charge in [0.15, 0.2) is 0 Å². The Morgan fingerprint density at radius 2 is 1.70 bits per heavy atom. The second kappa shape index (κ2) is 8.29. The molecule has 0 aliphatic carbocycles. The Kier molecular flexibility index (Phi) is 6.23. The van der Waals surface area contributed by atoms with Gasteiger partial charge >= 0.3 is 0 Å². The number of carbonyl (C=O) groups is 1. The van der Waals surface area contributed by atoms with Gasteiger partial charge in [-0.1, -0.05) is 12.1 Å². The molecule has 2 aliphatic heterocycles. The lowest BCUT2D eigenvalue weighted by Crippen LogP contribution is -2.50. The van der Waals surface area contributed by atoms with Gasteiger partial charge in [0.1, 0.15) is 0 Å². The highest BCUT2D eigenvalue weighted by Gasteiger charge is 2.30. The fourth-order valence-corrected chi connectivity index (χ4v) is 5.03. The molecule has 2 saturated heterocycles. The number of nitrogens with one attached hydrogen (secondary N) is 1. The molecule has 2 heterocycles. The summed E-state index contributed by atoms with van der Waals surface area (Å²) in [6.07, 6.45) is 4.70. The molecule has 2 aliphatic rings. The first-order valence-corrected chi connectivity index (χ1v) is 11.4. The second-order valence-corrected chi connectivity index (χ2v) is 9.98. The van der Waals surface area contributed by atoms with Crippen LogP contribution < -0.4 is 4.72 Å². The Labute approximate surface area is 163 Å². The molecule has 0 aromatic heterocycles. The van der Waals surface area contributed by atoms with Gasteiger partial charge in [0.25, 0.3) is 0 Å². The van der Waals surface area contributed by atoms with Crippen LogP contribution >= 0.6 is 0 Å². The van der Waals surface area contributed by atoms with Crippen LogP contribution in [0.4, 0.5) is 0 Å². The molecule has 0 unspecified atom stereocenters. The van der Waals surface area contributed by atoms with Crippen LogP contribution in [0.15, 0.2) is 29.2 Å². The highest BCUT2D eigenvalue weighted by Crippen LogP contribution is 2.21. The number of rotatable bonds is 8. The van der Waals surface area contributed by atoms with Crippen molar-refractivity contribution in [1.82, 2.24) is 14.5 Å². The zero-order valence-corrected chi connectivity index (χ0v) is 17.2. The van der Waals surface area contributed by atoms with E-state index in [9.17, 15) is 13.2 Å². The van der Waals surface area contributed by atoms with Crippen molar-refractivity contribution in [2.45, 2.75) is 56.4 Å². The lowest BCUT2D eigenvalue weighted by Gasteiger charge is -2.35. The molecule has 0 saturated carbocycles. The van der Waals surface area contributed by atoms with Gasteiger partial charge in [0.2, 0.25) is 15.9 Å². The van der Waals surface area contributed by atoms with Gasteiger partial charge in [0.05, 0.1) is 4.90 Å². The van der Waals surface area contributed by atoms with Gasteiger partial charge in [-0.2, -0.15) is 0 Å². The van der Waals surface area contributed by atoms with Crippen molar-refractivity contribution in [1.29, 1.82) is 0 Å². The molecule has 0 atom stereocenters. The first-order chi connectivity index (χ1) is 12.8. The van der Waals surface area contributed by atoms with Crippen molar-refractivity contribution in [3.8, 4) is 0 Å². The van der Waals surface area contributed by atoms with Crippen molar-refractivity contribution < 1.29 is 13.2 Å². The smallest absolute Gasteiger partial charge is 0.240 e. The number of benzene rings is 1. The highest BCUT2D eigenvalue weighted by molar-refractivity contribution is 7.89. The van der Waals surface area contributed by atoms with Crippen LogP contribution in [0.2, 0.25) is 0 Å². The third-order valence-corrected chi connectivity index (χ3v) is 7.15. The summed E-state index contributed by atoms with van der Waals surface area (Å²) in [6.45, 7) is 8.17. The van der Waals surface area contributed by atoms with E-state index in [1.54, 1.807) is 12.1 Å². The number of carbonyl (C=O) groups excluding carboxylic acids is 1. The van der Waals surface area contributed by atoms with Crippen molar-refractivity contribution in [2.24, 2.45) is 0 Å². The Balaban J connectivity index is 1.55. The number of hydrogen-bond donors (Lipinski definition) is 1. The van der Waals surface area contributed by atoms with Crippen LogP contribution in [0, 0.1) is 0 Å². The van der Waals surface area contributed by atoms with Crippen molar-refractivity contribution in [3.63, 3.8) is 0 Å². The summed E-state index contributed by atoms with van der Waals surface area (Å²) in [4.78, 5) is 16.2. The molecule has 2 fully saturated rings. The third kappa shape index (κ3) is 5.09. The Morgan fingerprint density at radius 1 is 1.04 bits per heavy atom. The van der Waals surface area contributed by atoms with E-state index >= 15 is 0 Å². The van der Waals surface area contributed by atoms with Crippen molar-refractivity contribution >= 4 is 15.9 Å². The molecular weight excluding hydrogens is 362 g/mol. The quantitative estimate of drug-likeness (QED) is 0.733. The molecule has 0 spiro atoms. The molecule has 6 nitrogen and oxygen atoms in total. The monoisotopic (exact) mass is 393 g/mol. The fourth-order valence-electron chi connectivity index (χ4n) is 3.83. The van der Waals surface area contributed by atoms with E-state index in [2.05, 4.69) is 23.5 Å². The predicted octanol–water partition coefficient (Wildman–Crippen LogP) is 2.00. The molecule has 1 N–H and O–H groups in total. The maximum atomic E-state index is 12.6. The molecular formula is C20H31N3O3S. The molecule has 1 amide bonds. The van der Waals surface area contributed by atoms with Crippen LogP contribution in [-0.2, 0) is 21.2 Å². The molecule has 150 valence electrons. The number of amides is 1. The minimum absolute atomic E-state index is 0.189. The first-order valence-electron chi connectivity index (χ1n) is 9.89. The lowest BCUT2D eigenvalue weighted by molar-refractivity contribution is -0.127. The average molecular weight is 394 g/mol. The Morgan fingerprint density at radius 3 is 2.30 bits per heavy atom. The minimum atomic E-state index is -3.52. The van der Waals surface area contributed by atoms with E-state index in [-0.39, 0.29) is 11.4 Å². The molecule has 27 heavy (non-hydrogen) atoms. The van der Waals surface area contributed by atoms with Gasteiger partial charge in [-0.25, -0.2) is 13.1 Å². The van der Waals surface area contributed by atoms with Gasteiger partial charge in [-0.05, 0) is 70.3 Å². The van der Waals surface area contributed by atoms with Gasteiger partial charge in [-0.3, -0.25) is 9.69 Å². The topological polar surface area (TPSA) is 69.7 Å². The predicted molar refractivity (Wildman–Crippen MR) is 106 cm³/mol. The molecule has 1 aromatic rings. The second-order valence-electron chi connectivity index (χ2n) is 8.21. The van der Waals surface area contributed by atoms with Crippen LogP contribution in [0.3, 0.4) is 0 Å². The normalized spacial score (nSPS) is 19.2. The van der Waals surface area contributed by atoms with E-state index in [0.29, 0.717) is 24.4 Å². The number of sulfonamides is 1. The van der Waals surface area contributed by atoms with Gasteiger partial charge in [-0.15, -0.1) is 0 Å². The standard InChI is InChI=1S/C20H31N3O3S/c1-20(2,23-13-3-4-14-23)16-21-27(25,26)18-9-7-17(8-10-18)11-15-22-12-5-6-19(22)24/h7-10,21H,3-6,11-16H2,1-2H3. The summed E-state index contributed by atoms with van der Waals surface area (Å²) in [5.41, 5.74) is 0.859. The van der Waals surface area contributed by atoms with Gasteiger partial charge in [0, 0.05) is 31.6 Å². The molecule has 0 radical (unpaired) electrons. The Hall–Kier alpha value is -1.44. The molecule has 7 heteroatoms. The van der Waals surface area contributed by atoms with Crippen LogP contribution in [0.5, 0.6) is 0 Å². The van der Waals surface area contributed by atoms with Gasteiger partial charge < -0.3 is 4.90 Å². The van der Waals surface area contributed by atoms with E-state index in [1.165, 1.54) is 12.8 Å². The van der Waals surface area contributed by atoms with Crippen LogP contribution in [0.1, 0.15) is 45.1 Å². The first kappa shape index (κ1) is 20.3. The van der Waals surface area contributed by atoms with Crippen molar-refractivity contribution in [3.05, 3.63) is 29.8 Å². The molecule has 1 aromatic carbocycles. The third-order valence-electron chi connectivity index (χ3n) is 5.73. The number of hydrogen-bond acceptors (Lipinski definition) is 4. The van der Waals surface area contributed by atoms with Crippen molar-refractivity contribution in [2.75, 3.05) is 32.7 Å².